The maximum absolute atomic E-state index is 11.6. The summed E-state index contributed by atoms with van der Waals surface area (Å²) in [5.41, 5.74) is 0. The summed E-state index contributed by atoms with van der Waals surface area (Å²) in [6.07, 6.45) is 0.713. The number of nitrogens with one attached hydrogen (secondary N) is 1. The minimum atomic E-state index is -0.175. The molecule has 1 amide bonds. The minimum Gasteiger partial charge on any atom is -0.496 e. The predicted molar refractivity (Wildman–Crippen MR) is 59.5 cm³/mol. The number of thiophene rings is 1. The highest BCUT2D eigenvalue weighted by Gasteiger charge is 2.13. The fourth-order valence-corrected chi connectivity index (χ4v) is 1.84. The van der Waals surface area contributed by atoms with E-state index in [0.29, 0.717) is 17.0 Å². The summed E-state index contributed by atoms with van der Waals surface area (Å²) in [6, 6.07) is 1.51. The van der Waals surface area contributed by atoms with Gasteiger partial charge in [0.05, 0.1) is 24.6 Å². The molecule has 0 aliphatic carbocycles. The van der Waals surface area contributed by atoms with E-state index in [9.17, 15) is 4.79 Å². The molecule has 0 aliphatic rings. The van der Waals surface area contributed by atoms with Crippen molar-refractivity contribution in [2.24, 2.45) is 0 Å². The van der Waals surface area contributed by atoms with Gasteiger partial charge in [0, 0.05) is 11.4 Å². The molecule has 0 saturated heterocycles. The van der Waals surface area contributed by atoms with E-state index in [1.165, 1.54) is 11.3 Å². The van der Waals surface area contributed by atoms with E-state index >= 15 is 0 Å². The van der Waals surface area contributed by atoms with Crippen LogP contribution < -0.4 is 10.1 Å². The fraction of sp³-hybridized carbons (Fsp3) is 0.500. The molecule has 0 saturated carbocycles. The van der Waals surface area contributed by atoms with Crippen molar-refractivity contribution in [3.8, 4) is 5.75 Å². The summed E-state index contributed by atoms with van der Waals surface area (Å²) in [4.78, 5) is 12.2. The average molecular weight is 229 g/mol. The maximum atomic E-state index is 11.6. The van der Waals surface area contributed by atoms with Crippen LogP contribution in [-0.4, -0.2) is 30.8 Å². The number of carbonyl (C=O) groups excluding carboxylic acids is 1. The molecule has 2 N–H and O–H groups in total. The van der Waals surface area contributed by atoms with Crippen LogP contribution in [0.5, 0.6) is 5.75 Å². The summed E-state index contributed by atoms with van der Waals surface area (Å²) >= 11 is 1.33. The van der Waals surface area contributed by atoms with Gasteiger partial charge in [-0.3, -0.25) is 4.79 Å². The maximum Gasteiger partial charge on any atom is 0.261 e. The second-order valence-electron chi connectivity index (χ2n) is 3.11. The Morgan fingerprint density at radius 2 is 2.47 bits per heavy atom. The zero-order chi connectivity index (χ0) is 11.3. The van der Waals surface area contributed by atoms with Crippen LogP contribution in [0, 0.1) is 0 Å². The summed E-state index contributed by atoms with van der Waals surface area (Å²) in [5.74, 6) is 0.520. The Labute approximate surface area is 92.9 Å². The van der Waals surface area contributed by atoms with Crippen molar-refractivity contribution in [3.63, 3.8) is 0 Å². The van der Waals surface area contributed by atoms with Gasteiger partial charge in [-0.05, 0) is 6.42 Å². The number of hydrogen-bond donors (Lipinski definition) is 2. The molecular formula is C10H15NO3S. The van der Waals surface area contributed by atoms with Crippen LogP contribution in [0.2, 0.25) is 0 Å². The van der Waals surface area contributed by atoms with Crippen LogP contribution in [0.1, 0.15) is 23.0 Å². The predicted octanol–water partition coefficient (Wildman–Crippen LogP) is 1.26. The SMILES string of the molecule is CC[C@H](CO)NC(=O)c1cc(OC)cs1. The molecule has 1 atom stereocenters. The first-order valence-corrected chi connectivity index (χ1v) is 5.63. The van der Waals surface area contributed by atoms with Crippen LogP contribution in [0.4, 0.5) is 0 Å². The van der Waals surface area contributed by atoms with Crippen molar-refractivity contribution in [1.29, 1.82) is 0 Å². The van der Waals surface area contributed by atoms with Crippen molar-refractivity contribution in [3.05, 3.63) is 16.3 Å². The van der Waals surface area contributed by atoms with Gasteiger partial charge in [0.1, 0.15) is 5.75 Å². The third-order valence-corrected chi connectivity index (χ3v) is 2.99. The van der Waals surface area contributed by atoms with Crippen LogP contribution in [0.15, 0.2) is 11.4 Å². The van der Waals surface area contributed by atoms with Gasteiger partial charge in [-0.15, -0.1) is 11.3 Å². The van der Waals surface area contributed by atoms with Crippen LogP contribution >= 0.6 is 11.3 Å². The molecule has 4 nitrogen and oxygen atoms in total. The summed E-state index contributed by atoms with van der Waals surface area (Å²) in [5, 5.41) is 13.4. The number of amides is 1. The molecular weight excluding hydrogens is 214 g/mol. The molecule has 0 spiro atoms. The molecule has 1 aromatic heterocycles. The number of carbonyl (C=O) groups is 1. The third-order valence-electron chi connectivity index (χ3n) is 2.08. The van der Waals surface area contributed by atoms with Crippen molar-refractivity contribution in [2.45, 2.75) is 19.4 Å². The van der Waals surface area contributed by atoms with Gasteiger partial charge in [0.15, 0.2) is 0 Å². The molecule has 0 radical (unpaired) electrons. The smallest absolute Gasteiger partial charge is 0.261 e. The van der Waals surface area contributed by atoms with Gasteiger partial charge >= 0.3 is 0 Å². The average Bonchev–Trinajstić information content (AvgIpc) is 2.74. The number of hydrogen-bond acceptors (Lipinski definition) is 4. The number of aliphatic hydroxyl groups is 1. The lowest BCUT2D eigenvalue weighted by atomic mass is 10.2. The van der Waals surface area contributed by atoms with E-state index < -0.39 is 0 Å². The van der Waals surface area contributed by atoms with Gasteiger partial charge in [0.25, 0.3) is 5.91 Å². The number of methoxy groups -OCH3 is 1. The highest BCUT2D eigenvalue weighted by atomic mass is 32.1. The standard InChI is InChI=1S/C10H15NO3S/c1-3-7(5-12)11-10(13)9-4-8(14-2)6-15-9/h4,6-7,12H,3,5H2,1-2H3,(H,11,13)/t7-/m1/s1. The van der Waals surface area contributed by atoms with Crippen molar-refractivity contribution in [1.82, 2.24) is 5.32 Å². The molecule has 0 bridgehead atoms. The highest BCUT2D eigenvalue weighted by Crippen LogP contribution is 2.20. The Morgan fingerprint density at radius 1 is 1.73 bits per heavy atom. The lowest BCUT2D eigenvalue weighted by molar-refractivity contribution is 0.0919. The summed E-state index contributed by atoms with van der Waals surface area (Å²) < 4.78 is 4.98. The Hall–Kier alpha value is -1.07. The quantitative estimate of drug-likeness (QED) is 0.799. The van der Waals surface area contributed by atoms with Gasteiger partial charge < -0.3 is 15.2 Å². The van der Waals surface area contributed by atoms with Gasteiger partial charge in [0.2, 0.25) is 0 Å². The first-order valence-electron chi connectivity index (χ1n) is 4.75. The fourth-order valence-electron chi connectivity index (χ4n) is 1.08. The molecule has 5 heteroatoms. The first kappa shape index (κ1) is 12.0. The van der Waals surface area contributed by atoms with Crippen molar-refractivity contribution in [2.75, 3.05) is 13.7 Å². The Bertz CT molecular complexity index is 320. The molecule has 1 heterocycles. The van der Waals surface area contributed by atoms with E-state index in [1.807, 2.05) is 6.92 Å². The number of ether oxygens (including phenoxy) is 1. The first-order chi connectivity index (χ1) is 7.21. The van der Waals surface area contributed by atoms with E-state index in [2.05, 4.69) is 5.32 Å². The van der Waals surface area contributed by atoms with E-state index in [4.69, 9.17) is 9.84 Å². The molecule has 1 rings (SSSR count). The van der Waals surface area contributed by atoms with Crippen LogP contribution in [-0.2, 0) is 0 Å². The second kappa shape index (κ2) is 5.72. The zero-order valence-corrected chi connectivity index (χ0v) is 9.63. The molecule has 0 aromatic carbocycles. The second-order valence-corrected chi connectivity index (χ2v) is 4.02. The largest absolute Gasteiger partial charge is 0.496 e. The van der Waals surface area contributed by atoms with E-state index in [0.717, 1.165) is 0 Å². The Kier molecular flexibility index (Phi) is 4.58. The third kappa shape index (κ3) is 3.21. The zero-order valence-electron chi connectivity index (χ0n) is 8.82. The molecule has 0 unspecified atom stereocenters. The topological polar surface area (TPSA) is 58.6 Å². The van der Waals surface area contributed by atoms with Gasteiger partial charge in [-0.1, -0.05) is 6.92 Å². The monoisotopic (exact) mass is 229 g/mol. The number of rotatable bonds is 5. The van der Waals surface area contributed by atoms with E-state index in [1.54, 1.807) is 18.6 Å². The minimum absolute atomic E-state index is 0.0370. The summed E-state index contributed by atoms with van der Waals surface area (Å²) in [6.45, 7) is 1.88. The highest BCUT2D eigenvalue weighted by molar-refractivity contribution is 7.12. The Balaban J connectivity index is 2.60. The molecule has 1 aromatic rings. The van der Waals surface area contributed by atoms with Crippen LogP contribution in [0.3, 0.4) is 0 Å². The van der Waals surface area contributed by atoms with Crippen molar-refractivity contribution >= 4 is 17.2 Å². The van der Waals surface area contributed by atoms with E-state index in [-0.39, 0.29) is 18.6 Å². The van der Waals surface area contributed by atoms with Crippen LogP contribution in [0.25, 0.3) is 0 Å². The van der Waals surface area contributed by atoms with Crippen molar-refractivity contribution < 1.29 is 14.6 Å². The normalized spacial score (nSPS) is 12.2. The summed E-state index contributed by atoms with van der Waals surface area (Å²) in [7, 11) is 1.56. The molecule has 84 valence electrons. The van der Waals surface area contributed by atoms with Gasteiger partial charge in [-0.25, -0.2) is 0 Å². The Morgan fingerprint density at radius 3 is 2.93 bits per heavy atom. The lowest BCUT2D eigenvalue weighted by Gasteiger charge is -2.12. The molecule has 0 fully saturated rings. The lowest BCUT2D eigenvalue weighted by Crippen LogP contribution is -2.36. The molecule has 15 heavy (non-hydrogen) atoms. The molecule has 0 aliphatic heterocycles. The van der Waals surface area contributed by atoms with Gasteiger partial charge in [-0.2, -0.15) is 0 Å². The number of aliphatic hydroxyl groups excluding tert-OH is 1.